The molecular weight excluding hydrogens is 229 g/mol. The molecule has 0 aromatic carbocycles. The number of esters is 1. The summed E-state index contributed by atoms with van der Waals surface area (Å²) in [5.41, 5.74) is 4.55. The number of ether oxygens (including phenoxy) is 1. The fourth-order valence-corrected chi connectivity index (χ4v) is 1.03. The fourth-order valence-electron chi connectivity index (χ4n) is 1.03. The summed E-state index contributed by atoms with van der Waals surface area (Å²) in [5, 5.41) is 0. The van der Waals surface area contributed by atoms with Gasteiger partial charge in [-0.25, -0.2) is 4.79 Å². The molecule has 0 spiro atoms. The van der Waals surface area contributed by atoms with E-state index in [0.29, 0.717) is 0 Å². The van der Waals surface area contributed by atoms with E-state index in [1.807, 2.05) is 0 Å². The number of nitrogens with two attached hydrogens (primary N) is 1. The number of halogens is 3. The summed E-state index contributed by atoms with van der Waals surface area (Å²) in [5.74, 6) is -1.62. The first-order valence-corrected chi connectivity index (χ1v) is 4.32. The van der Waals surface area contributed by atoms with E-state index in [2.05, 4.69) is 14.1 Å². The maximum Gasteiger partial charge on any atom is 0.396 e. The molecule has 0 unspecified atom stereocenters. The largest absolute Gasteiger partial charge is 0.461 e. The van der Waals surface area contributed by atoms with Gasteiger partial charge in [-0.2, -0.15) is 18.2 Å². The molecule has 0 radical (unpaired) electrons. The number of aromatic nitrogens is 1. The highest BCUT2D eigenvalue weighted by Gasteiger charge is 2.34. The number of carbonyl (C=O) groups is 1. The van der Waals surface area contributed by atoms with Gasteiger partial charge >= 0.3 is 12.1 Å². The Hall–Kier alpha value is -1.73. The van der Waals surface area contributed by atoms with Crippen LogP contribution in [0, 0.1) is 0 Å². The first kappa shape index (κ1) is 12.3. The van der Waals surface area contributed by atoms with Gasteiger partial charge in [0.15, 0.2) is 5.69 Å². The molecule has 90 valence electrons. The number of hydrogen-bond donors (Lipinski definition) is 1. The molecule has 0 atom stereocenters. The van der Waals surface area contributed by atoms with Crippen LogP contribution in [0.2, 0.25) is 0 Å². The highest BCUT2D eigenvalue weighted by atomic mass is 19.4. The topological polar surface area (TPSA) is 78.3 Å². The Morgan fingerprint density at radius 3 is 2.69 bits per heavy atom. The third kappa shape index (κ3) is 3.14. The van der Waals surface area contributed by atoms with Gasteiger partial charge in [-0.05, 0) is 6.92 Å². The third-order valence-electron chi connectivity index (χ3n) is 1.54. The van der Waals surface area contributed by atoms with Crippen molar-refractivity contribution >= 4 is 12.0 Å². The molecule has 1 heterocycles. The Labute approximate surface area is 88.4 Å². The lowest BCUT2D eigenvalue weighted by molar-refractivity contribution is -0.130. The van der Waals surface area contributed by atoms with Gasteiger partial charge in [0.2, 0.25) is 0 Å². The van der Waals surface area contributed by atoms with Crippen LogP contribution in [-0.2, 0) is 11.2 Å². The molecule has 1 rings (SSSR count). The number of carbonyl (C=O) groups excluding carboxylic acids is 1. The normalized spacial score (nSPS) is 11.5. The van der Waals surface area contributed by atoms with Gasteiger partial charge in [-0.3, -0.25) is 0 Å². The molecule has 8 heteroatoms. The zero-order valence-corrected chi connectivity index (χ0v) is 8.30. The molecule has 0 fully saturated rings. The molecule has 0 saturated carbocycles. The van der Waals surface area contributed by atoms with E-state index in [-0.39, 0.29) is 6.61 Å². The lowest BCUT2D eigenvalue weighted by Crippen LogP contribution is -2.15. The number of hydrogen-bond acceptors (Lipinski definition) is 5. The third-order valence-corrected chi connectivity index (χ3v) is 1.54. The summed E-state index contributed by atoms with van der Waals surface area (Å²) in [6.07, 6.45) is -5.92. The Morgan fingerprint density at radius 2 is 2.19 bits per heavy atom. The number of oxazole rings is 1. The number of nitrogens with zero attached hydrogens (tertiary/aromatic N) is 1. The summed E-state index contributed by atoms with van der Waals surface area (Å²) in [6.45, 7) is 1.54. The van der Waals surface area contributed by atoms with E-state index < -0.39 is 36.0 Å². The SMILES string of the molecule is CCOC(=O)c1nc(N)oc1CC(F)(F)F. The average molecular weight is 238 g/mol. The van der Waals surface area contributed by atoms with Crippen molar-refractivity contribution in [3.05, 3.63) is 11.5 Å². The zero-order valence-electron chi connectivity index (χ0n) is 8.30. The summed E-state index contributed by atoms with van der Waals surface area (Å²) in [6, 6.07) is -0.498. The van der Waals surface area contributed by atoms with E-state index in [1.54, 1.807) is 0 Å². The molecule has 2 N–H and O–H groups in total. The van der Waals surface area contributed by atoms with Gasteiger partial charge in [0.1, 0.15) is 12.2 Å². The summed E-state index contributed by atoms with van der Waals surface area (Å²) < 4.78 is 45.3. The molecule has 1 aromatic heterocycles. The monoisotopic (exact) mass is 238 g/mol. The van der Waals surface area contributed by atoms with Crippen LogP contribution in [0.15, 0.2) is 4.42 Å². The Morgan fingerprint density at radius 1 is 1.56 bits per heavy atom. The Bertz CT molecular complexity index is 386. The Balaban J connectivity index is 2.96. The molecular formula is C8H9F3N2O3. The van der Waals surface area contributed by atoms with E-state index in [1.165, 1.54) is 6.92 Å². The second kappa shape index (κ2) is 4.42. The molecule has 0 amide bonds. The first-order valence-electron chi connectivity index (χ1n) is 4.32. The number of alkyl halides is 3. The second-order valence-electron chi connectivity index (χ2n) is 2.84. The van der Waals surface area contributed by atoms with Crippen LogP contribution < -0.4 is 5.73 Å². The number of nitrogen functional groups attached to an aromatic ring is 1. The minimum absolute atomic E-state index is 0.0249. The van der Waals surface area contributed by atoms with Crippen molar-refractivity contribution in [2.75, 3.05) is 12.3 Å². The molecule has 0 saturated heterocycles. The maximum atomic E-state index is 12.1. The molecule has 0 aliphatic carbocycles. The van der Waals surface area contributed by atoms with Crippen molar-refractivity contribution < 1.29 is 27.1 Å². The standard InChI is InChI=1S/C8H9F3N2O3/c1-2-15-6(14)5-4(3-8(9,10)11)16-7(12)13-5/h2-3H2,1H3,(H2,12,13). The maximum absolute atomic E-state index is 12.1. The zero-order chi connectivity index (χ0) is 12.3. The molecule has 0 aliphatic rings. The van der Waals surface area contributed by atoms with Crippen LogP contribution in [0.3, 0.4) is 0 Å². The van der Waals surface area contributed by atoms with Crippen LogP contribution in [0.5, 0.6) is 0 Å². The van der Waals surface area contributed by atoms with Gasteiger partial charge in [0.25, 0.3) is 6.01 Å². The molecule has 5 nitrogen and oxygen atoms in total. The number of anilines is 1. The van der Waals surface area contributed by atoms with Gasteiger partial charge in [-0.15, -0.1) is 0 Å². The van der Waals surface area contributed by atoms with Crippen molar-refractivity contribution in [2.24, 2.45) is 0 Å². The van der Waals surface area contributed by atoms with E-state index in [0.717, 1.165) is 0 Å². The van der Waals surface area contributed by atoms with Crippen molar-refractivity contribution in [1.82, 2.24) is 4.98 Å². The average Bonchev–Trinajstić information content (AvgIpc) is 2.44. The number of rotatable bonds is 3. The van der Waals surface area contributed by atoms with Crippen LogP contribution in [0.1, 0.15) is 23.2 Å². The van der Waals surface area contributed by atoms with Gasteiger partial charge in [-0.1, -0.05) is 0 Å². The predicted octanol–water partition coefficient (Wildman–Crippen LogP) is 1.54. The molecule has 1 aromatic rings. The predicted molar refractivity (Wildman–Crippen MR) is 46.6 cm³/mol. The minimum Gasteiger partial charge on any atom is -0.461 e. The summed E-state index contributed by atoms with van der Waals surface area (Å²) in [4.78, 5) is 14.5. The van der Waals surface area contributed by atoms with Crippen LogP contribution in [-0.4, -0.2) is 23.7 Å². The summed E-state index contributed by atoms with van der Waals surface area (Å²) in [7, 11) is 0. The van der Waals surface area contributed by atoms with Crippen LogP contribution in [0.25, 0.3) is 0 Å². The van der Waals surface area contributed by atoms with Crippen LogP contribution >= 0.6 is 0 Å². The quantitative estimate of drug-likeness (QED) is 0.808. The van der Waals surface area contributed by atoms with Gasteiger partial charge in [0, 0.05) is 0 Å². The second-order valence-corrected chi connectivity index (χ2v) is 2.84. The minimum atomic E-state index is -4.51. The van der Waals surface area contributed by atoms with Crippen LogP contribution in [0.4, 0.5) is 19.2 Å². The molecule has 16 heavy (non-hydrogen) atoms. The molecule has 0 aliphatic heterocycles. The summed E-state index contributed by atoms with van der Waals surface area (Å²) >= 11 is 0. The van der Waals surface area contributed by atoms with Crippen molar-refractivity contribution in [3.63, 3.8) is 0 Å². The lowest BCUT2D eigenvalue weighted by Gasteiger charge is -2.04. The van der Waals surface area contributed by atoms with Crippen molar-refractivity contribution in [1.29, 1.82) is 0 Å². The van der Waals surface area contributed by atoms with E-state index in [9.17, 15) is 18.0 Å². The van der Waals surface area contributed by atoms with Crippen molar-refractivity contribution in [3.8, 4) is 0 Å². The van der Waals surface area contributed by atoms with Crippen molar-refractivity contribution in [2.45, 2.75) is 19.5 Å². The highest BCUT2D eigenvalue weighted by Crippen LogP contribution is 2.25. The lowest BCUT2D eigenvalue weighted by atomic mass is 10.2. The smallest absolute Gasteiger partial charge is 0.396 e. The molecule has 0 bridgehead atoms. The van der Waals surface area contributed by atoms with E-state index >= 15 is 0 Å². The highest BCUT2D eigenvalue weighted by molar-refractivity contribution is 5.88. The van der Waals surface area contributed by atoms with Gasteiger partial charge < -0.3 is 14.9 Å². The van der Waals surface area contributed by atoms with Gasteiger partial charge in [0.05, 0.1) is 6.61 Å². The fraction of sp³-hybridized carbons (Fsp3) is 0.500. The first-order chi connectivity index (χ1) is 7.33. The van der Waals surface area contributed by atoms with E-state index in [4.69, 9.17) is 5.73 Å². The Kier molecular flexibility index (Phi) is 3.41.